The van der Waals surface area contributed by atoms with Crippen LogP contribution in [0.1, 0.15) is 0 Å². The molecule has 0 atom stereocenters. The van der Waals surface area contributed by atoms with E-state index in [1.807, 2.05) is 0 Å². The lowest BCUT2D eigenvalue weighted by Gasteiger charge is -1.98. The largest absolute Gasteiger partial charge is 0.344 e. The van der Waals surface area contributed by atoms with Crippen LogP contribution < -0.4 is 67.7 Å². The number of rotatable bonds is 0. The predicted molar refractivity (Wildman–Crippen MR) is 92.6 cm³/mol. The van der Waals surface area contributed by atoms with Crippen molar-refractivity contribution in [2.45, 2.75) is 19.6 Å². The predicted octanol–water partition coefficient (Wildman–Crippen LogP) is 4.04. The molecule has 0 aliphatic rings. The Bertz CT molecular complexity index is 36.7. The third-order valence-electron chi connectivity index (χ3n) is 0. The molecular weight excluding hydrogens is 345 g/mol. The first-order valence-corrected chi connectivity index (χ1v) is 8.30. The molecule has 120 valence electrons. The van der Waals surface area contributed by atoms with E-state index < -0.39 is 5.57 Å². The summed E-state index contributed by atoms with van der Waals surface area (Å²) in [7, 11) is 0. The number of hydrogen-bond acceptors (Lipinski definition) is 11. The zero-order valence-electron chi connectivity index (χ0n) is 11.7. The van der Waals surface area contributed by atoms with Gasteiger partial charge in [0.15, 0.2) is 0 Å². The minimum Gasteiger partial charge on any atom is -0.344 e. The van der Waals surface area contributed by atoms with E-state index in [1.165, 1.54) is 0 Å². The van der Waals surface area contributed by atoms with Crippen molar-refractivity contribution in [2.24, 2.45) is 0 Å². The van der Waals surface area contributed by atoms with Gasteiger partial charge in [-0.3, -0.25) is 0 Å². The van der Waals surface area contributed by atoms with Crippen molar-refractivity contribution < 1.29 is 0 Å². The van der Waals surface area contributed by atoms with Gasteiger partial charge in [0, 0.05) is 0 Å². The molecule has 0 saturated heterocycles. The van der Waals surface area contributed by atoms with Gasteiger partial charge in [0.25, 0.3) is 0 Å². The lowest BCUT2D eigenvalue weighted by atomic mass is 11.8. The molecule has 0 amide bonds. The number of hydrogen-bond donors (Lipinski definition) is 11. The summed E-state index contributed by atoms with van der Waals surface area (Å²) in [5.74, 6) is 0. The van der Waals surface area contributed by atoms with Crippen LogP contribution in [0, 0.1) is 0 Å². The summed E-state index contributed by atoms with van der Waals surface area (Å²) in [6.45, 7) is 6.94. The average molecular weight is 387 g/mol. The normalized spacial score (nSPS) is 3.75. The highest BCUT2D eigenvalue weighted by molar-refractivity contribution is 14.1. The second kappa shape index (κ2) is 77.1. The van der Waals surface area contributed by atoms with E-state index in [1.54, 1.807) is 0 Å². The molecule has 0 aromatic rings. The zero-order chi connectivity index (χ0) is 4.50. The highest BCUT2D eigenvalue weighted by atomic mass is 127. The first-order valence-electron chi connectivity index (χ1n) is 1.69. The molecule has 0 aromatic heterocycles. The fourth-order valence-electron chi connectivity index (χ4n) is 0. The topological polar surface area (TPSA) is 385 Å². The van der Waals surface area contributed by atoms with Crippen molar-refractivity contribution >= 4 is 27.4 Å². The molecule has 0 aromatic carbocycles. The summed E-state index contributed by atoms with van der Waals surface area (Å²) in [5, 5.41) is 0. The number of halogens is 1. The minimum absolute atomic E-state index is 0. The molecule has 11 nitrogen and oxygen atoms in total. The Morgan fingerprint density at radius 1 is 0.438 bits per heavy atom. The Morgan fingerprint density at radius 3 is 0.438 bits per heavy atom. The molecule has 0 aliphatic heterocycles. The van der Waals surface area contributed by atoms with Crippen LogP contribution in [-0.2, 0) is 0 Å². The van der Waals surface area contributed by atoms with E-state index in [0.717, 1.165) is 0 Å². The van der Waals surface area contributed by atoms with E-state index in [2.05, 4.69) is 41.4 Å². The Labute approximate surface area is 115 Å². The van der Waals surface area contributed by atoms with Gasteiger partial charge < -0.3 is 67.7 Å². The highest BCUT2D eigenvalue weighted by Crippen LogP contribution is 2.08. The second-order valence-electron chi connectivity index (χ2n) is 2.07. The molecular formula is C3H42IN11Si. The van der Waals surface area contributed by atoms with Crippen molar-refractivity contribution in [3.05, 3.63) is 0 Å². The van der Waals surface area contributed by atoms with Crippen LogP contribution in [0.5, 0.6) is 0 Å². The van der Waals surface area contributed by atoms with E-state index in [9.17, 15) is 0 Å². The Hall–Kier alpha value is 0.507. The van der Waals surface area contributed by atoms with Crippen LogP contribution in [0.2, 0.25) is 19.6 Å². The molecule has 0 spiro atoms. The van der Waals surface area contributed by atoms with Crippen LogP contribution >= 0.6 is 21.8 Å². The standard InChI is InChI=1S/C3H9ISi.11H3N/c1-5(2,3)4;;;;;;;;;;;/h1-3H3;11*1H3. The molecule has 0 bridgehead atoms. The maximum atomic E-state index is 2.52. The third kappa shape index (κ3) is 10300. The van der Waals surface area contributed by atoms with Gasteiger partial charge in [-0.2, -0.15) is 0 Å². The minimum atomic E-state index is -0.641. The van der Waals surface area contributed by atoms with Crippen molar-refractivity contribution in [2.75, 3.05) is 0 Å². The average Bonchev–Trinajstić information content (AvgIpc) is 0.722. The molecule has 16 heavy (non-hydrogen) atoms. The van der Waals surface area contributed by atoms with Gasteiger partial charge in [-0.1, -0.05) is 19.6 Å². The fraction of sp³-hybridized carbons (Fsp3) is 1.00. The molecule has 0 rings (SSSR count). The lowest BCUT2D eigenvalue weighted by molar-refractivity contribution is 1.90. The maximum absolute atomic E-state index is 2.52. The summed E-state index contributed by atoms with van der Waals surface area (Å²) in [4.78, 5) is 0. The summed E-state index contributed by atoms with van der Waals surface area (Å²) < 4.78 is 0. The fourth-order valence-corrected chi connectivity index (χ4v) is 0. The second-order valence-corrected chi connectivity index (χ2v) is 15.9. The molecule has 0 aliphatic carbocycles. The van der Waals surface area contributed by atoms with Crippen molar-refractivity contribution in [3.63, 3.8) is 0 Å². The molecule has 33 N–H and O–H groups in total. The first-order chi connectivity index (χ1) is 2.00. The summed E-state index contributed by atoms with van der Waals surface area (Å²) in [6, 6.07) is 0. The Morgan fingerprint density at radius 2 is 0.438 bits per heavy atom. The quantitative estimate of drug-likeness (QED) is 0.160. The van der Waals surface area contributed by atoms with E-state index in [4.69, 9.17) is 0 Å². The molecule has 13 heteroatoms. The van der Waals surface area contributed by atoms with Gasteiger partial charge in [0.05, 0.1) is 0 Å². The van der Waals surface area contributed by atoms with Crippen LogP contribution in [0.15, 0.2) is 0 Å². The van der Waals surface area contributed by atoms with Gasteiger partial charge in [-0.05, 0) is 0 Å². The van der Waals surface area contributed by atoms with E-state index >= 15 is 0 Å². The summed E-state index contributed by atoms with van der Waals surface area (Å²) >= 11 is 2.52. The molecule has 0 unspecified atom stereocenters. The van der Waals surface area contributed by atoms with Gasteiger partial charge >= 0.3 is 0 Å². The van der Waals surface area contributed by atoms with Crippen LogP contribution in [0.25, 0.3) is 0 Å². The van der Waals surface area contributed by atoms with E-state index in [-0.39, 0.29) is 67.7 Å². The molecule has 0 radical (unpaired) electrons. The molecule has 0 saturated carbocycles. The van der Waals surface area contributed by atoms with Crippen molar-refractivity contribution in [1.29, 1.82) is 0 Å². The van der Waals surface area contributed by atoms with Crippen LogP contribution in [0.3, 0.4) is 0 Å². The lowest BCUT2D eigenvalue weighted by Crippen LogP contribution is -2.05. The van der Waals surface area contributed by atoms with Crippen molar-refractivity contribution in [1.82, 2.24) is 67.7 Å². The van der Waals surface area contributed by atoms with Crippen LogP contribution in [0.4, 0.5) is 0 Å². The van der Waals surface area contributed by atoms with Gasteiger partial charge in [-0.15, -0.1) is 21.8 Å². The SMILES string of the molecule is C[Si](C)(C)I.N.N.N.N.N.N.N.N.N.N.N. The monoisotopic (exact) mass is 387 g/mol. The van der Waals surface area contributed by atoms with Crippen molar-refractivity contribution in [3.8, 4) is 0 Å². The zero-order valence-corrected chi connectivity index (χ0v) is 14.8. The Balaban J connectivity index is -0.00000000145. The highest BCUT2D eigenvalue weighted by Gasteiger charge is 2.02. The smallest absolute Gasteiger partial charge is 0.116 e. The molecule has 0 heterocycles. The summed E-state index contributed by atoms with van der Waals surface area (Å²) in [6.07, 6.45) is 0. The van der Waals surface area contributed by atoms with Crippen LogP contribution in [-0.4, -0.2) is 5.57 Å². The van der Waals surface area contributed by atoms with Gasteiger partial charge in [0.1, 0.15) is 5.57 Å². The first kappa shape index (κ1) is 195. The van der Waals surface area contributed by atoms with Gasteiger partial charge in [0.2, 0.25) is 0 Å². The molecule has 0 fully saturated rings. The summed E-state index contributed by atoms with van der Waals surface area (Å²) in [5.41, 5.74) is -0.641. The maximum Gasteiger partial charge on any atom is 0.116 e. The Kier molecular flexibility index (Phi) is 941. The van der Waals surface area contributed by atoms with E-state index in [0.29, 0.717) is 0 Å². The van der Waals surface area contributed by atoms with Gasteiger partial charge in [-0.25, -0.2) is 0 Å². The third-order valence-corrected chi connectivity index (χ3v) is 0.